The zero-order chi connectivity index (χ0) is 23.6. The van der Waals surface area contributed by atoms with Gasteiger partial charge in [0.15, 0.2) is 0 Å². The van der Waals surface area contributed by atoms with Crippen molar-refractivity contribution in [3.8, 4) is 0 Å². The van der Waals surface area contributed by atoms with Gasteiger partial charge in [0.05, 0.1) is 12.4 Å². The number of nitrogens with two attached hydrogens (primary N) is 1. The molecule has 1 heterocycles. The molecule has 0 aliphatic heterocycles. The first-order valence-electron chi connectivity index (χ1n) is 9.24. The molecule has 1 aromatic heterocycles. The highest BCUT2D eigenvalue weighted by atomic mass is 32.1. The van der Waals surface area contributed by atoms with Crippen molar-refractivity contribution in [2.45, 2.75) is 50.4 Å². The van der Waals surface area contributed by atoms with Gasteiger partial charge in [-0.2, -0.15) is 12.6 Å². The summed E-state index contributed by atoms with van der Waals surface area (Å²) in [5.74, 6) is -5.06. The van der Waals surface area contributed by atoms with Gasteiger partial charge in [-0.1, -0.05) is 0 Å². The lowest BCUT2D eigenvalue weighted by atomic mass is 10.1. The molecule has 0 bridgehead atoms. The van der Waals surface area contributed by atoms with Gasteiger partial charge in [-0.15, -0.1) is 0 Å². The average Bonchev–Trinajstić information content (AvgIpc) is 3.20. The van der Waals surface area contributed by atoms with Crippen LogP contribution in [0.3, 0.4) is 0 Å². The zero-order valence-corrected chi connectivity index (χ0v) is 17.6. The van der Waals surface area contributed by atoms with Crippen molar-refractivity contribution in [1.82, 2.24) is 25.9 Å². The van der Waals surface area contributed by atoms with Crippen LogP contribution in [0.2, 0.25) is 0 Å². The van der Waals surface area contributed by atoms with Gasteiger partial charge in [-0.3, -0.25) is 19.2 Å². The van der Waals surface area contributed by atoms with Gasteiger partial charge >= 0.3 is 11.9 Å². The minimum absolute atomic E-state index is 0.00798. The maximum absolute atomic E-state index is 12.8. The number of carbonyl (C=O) groups is 5. The lowest BCUT2D eigenvalue weighted by molar-refractivity contribution is -0.142. The van der Waals surface area contributed by atoms with Crippen molar-refractivity contribution in [2.75, 3.05) is 5.75 Å². The van der Waals surface area contributed by atoms with Crippen LogP contribution in [0.15, 0.2) is 12.5 Å². The maximum atomic E-state index is 12.8. The molecule has 0 radical (unpaired) electrons. The third-order valence-electron chi connectivity index (χ3n) is 4.10. The Bertz CT molecular complexity index is 786. The molecule has 0 aliphatic carbocycles. The van der Waals surface area contributed by atoms with Crippen LogP contribution in [0.25, 0.3) is 0 Å². The molecule has 4 unspecified atom stereocenters. The number of H-pyrrole nitrogens is 1. The molecule has 172 valence electrons. The number of thiol groups is 1. The van der Waals surface area contributed by atoms with Crippen molar-refractivity contribution in [3.05, 3.63) is 18.2 Å². The average molecular weight is 458 g/mol. The van der Waals surface area contributed by atoms with E-state index in [9.17, 15) is 24.0 Å². The molecule has 8 N–H and O–H groups in total. The Hall–Kier alpha value is -3.13. The first-order valence-corrected chi connectivity index (χ1v) is 9.87. The number of hydrogen-bond acceptors (Lipinski definition) is 8. The largest absolute Gasteiger partial charge is 0.481 e. The van der Waals surface area contributed by atoms with Crippen LogP contribution in [0, 0.1) is 0 Å². The van der Waals surface area contributed by atoms with E-state index in [2.05, 4.69) is 38.5 Å². The number of imidazole rings is 1. The van der Waals surface area contributed by atoms with Crippen molar-refractivity contribution >= 4 is 42.3 Å². The minimum atomic E-state index is -1.36. The highest BCUT2D eigenvalue weighted by molar-refractivity contribution is 7.80. The lowest BCUT2D eigenvalue weighted by Crippen LogP contribution is -2.57. The molecule has 3 amide bonds. The molecule has 1 rings (SSSR count). The summed E-state index contributed by atoms with van der Waals surface area (Å²) in [4.78, 5) is 66.0. The summed E-state index contributed by atoms with van der Waals surface area (Å²) >= 11 is 3.85. The molecule has 0 aromatic carbocycles. The summed E-state index contributed by atoms with van der Waals surface area (Å²) in [5, 5.41) is 25.0. The van der Waals surface area contributed by atoms with Gasteiger partial charge in [0.25, 0.3) is 0 Å². The highest BCUT2D eigenvalue weighted by Crippen LogP contribution is 2.04. The number of nitrogens with one attached hydrogen (secondary N) is 4. The standard InChI is InChI=1S/C17H26N6O7S/c1-8(18)14(26)22-11(4-9-5-19-7-20-9)16(28)21-10(2-3-13(24)25)15(27)23-12(6-31)17(29)30/h5,7-8,10-12,31H,2-4,6,18H2,1H3,(H,19,20)(H,21,28)(H,22,26)(H,23,27)(H,24,25)(H,29,30). The van der Waals surface area contributed by atoms with E-state index >= 15 is 0 Å². The second kappa shape index (κ2) is 12.5. The molecule has 0 saturated carbocycles. The molecule has 13 nitrogen and oxygen atoms in total. The fraction of sp³-hybridized carbons (Fsp3) is 0.529. The highest BCUT2D eigenvalue weighted by Gasteiger charge is 2.30. The van der Waals surface area contributed by atoms with Gasteiger partial charge in [0.1, 0.15) is 18.1 Å². The second-order valence-corrected chi connectivity index (χ2v) is 7.07. The van der Waals surface area contributed by atoms with E-state index in [1.807, 2.05) is 0 Å². The Morgan fingerprint density at radius 2 is 1.65 bits per heavy atom. The third-order valence-corrected chi connectivity index (χ3v) is 4.47. The van der Waals surface area contributed by atoms with Gasteiger partial charge in [-0.05, 0) is 13.3 Å². The summed E-state index contributed by atoms with van der Waals surface area (Å²) < 4.78 is 0. The first-order chi connectivity index (χ1) is 14.5. The van der Waals surface area contributed by atoms with Crippen LogP contribution in [0.5, 0.6) is 0 Å². The second-order valence-electron chi connectivity index (χ2n) is 6.71. The number of aliphatic carboxylic acids is 2. The van der Waals surface area contributed by atoms with Gasteiger partial charge in [0.2, 0.25) is 17.7 Å². The van der Waals surface area contributed by atoms with Crippen LogP contribution in [-0.2, 0) is 30.4 Å². The van der Waals surface area contributed by atoms with Crippen molar-refractivity contribution in [1.29, 1.82) is 0 Å². The van der Waals surface area contributed by atoms with E-state index in [4.69, 9.17) is 15.9 Å². The Balaban J connectivity index is 3.00. The van der Waals surface area contributed by atoms with Crippen molar-refractivity contribution < 1.29 is 34.2 Å². The van der Waals surface area contributed by atoms with Crippen molar-refractivity contribution in [3.63, 3.8) is 0 Å². The van der Waals surface area contributed by atoms with E-state index in [1.54, 1.807) is 0 Å². The van der Waals surface area contributed by atoms with Crippen molar-refractivity contribution in [2.24, 2.45) is 5.73 Å². The van der Waals surface area contributed by atoms with Crippen LogP contribution >= 0.6 is 12.6 Å². The number of aromatic amines is 1. The monoisotopic (exact) mass is 458 g/mol. The van der Waals surface area contributed by atoms with E-state index in [-0.39, 0.29) is 18.6 Å². The molecule has 1 aromatic rings. The number of carboxylic acids is 2. The SMILES string of the molecule is CC(N)C(=O)NC(Cc1cnc[nH]1)C(=O)NC(CCC(=O)O)C(=O)NC(CS)C(=O)O. The number of aromatic nitrogens is 2. The fourth-order valence-electron chi connectivity index (χ4n) is 2.40. The predicted octanol–water partition coefficient (Wildman–Crippen LogP) is -2.37. The Kier molecular flexibility index (Phi) is 10.5. The summed E-state index contributed by atoms with van der Waals surface area (Å²) in [5.41, 5.74) is 6.04. The molecular formula is C17H26N6O7S. The van der Waals surface area contributed by atoms with Gasteiger partial charge in [-0.25, -0.2) is 9.78 Å². The molecule has 0 aliphatic rings. The maximum Gasteiger partial charge on any atom is 0.327 e. The molecule has 14 heteroatoms. The summed E-state index contributed by atoms with van der Waals surface area (Å²) in [6.07, 6.45) is 2.05. The molecule has 0 spiro atoms. The topological polar surface area (TPSA) is 217 Å². The van der Waals surface area contributed by atoms with Crippen LogP contribution in [0.1, 0.15) is 25.5 Å². The Morgan fingerprint density at radius 1 is 1.06 bits per heavy atom. The van der Waals surface area contributed by atoms with E-state index in [0.717, 1.165) is 0 Å². The number of carbonyl (C=O) groups excluding carboxylic acids is 3. The van der Waals surface area contributed by atoms with Gasteiger partial charge in [0, 0.05) is 30.5 Å². The third kappa shape index (κ3) is 9.04. The zero-order valence-electron chi connectivity index (χ0n) is 16.7. The van der Waals surface area contributed by atoms with E-state index < -0.39 is 60.2 Å². The summed E-state index contributed by atoms with van der Waals surface area (Å²) in [6.45, 7) is 1.42. The molecule has 0 fully saturated rings. The number of carboxylic acid groups (broad SMARTS) is 2. The summed E-state index contributed by atoms with van der Waals surface area (Å²) in [6, 6.07) is -4.76. The lowest BCUT2D eigenvalue weighted by Gasteiger charge is -2.24. The summed E-state index contributed by atoms with van der Waals surface area (Å²) in [7, 11) is 0. The van der Waals surface area contributed by atoms with Crippen LogP contribution < -0.4 is 21.7 Å². The van der Waals surface area contributed by atoms with Gasteiger partial charge < -0.3 is 36.9 Å². The van der Waals surface area contributed by atoms with Crippen LogP contribution in [-0.4, -0.2) is 79.8 Å². The first kappa shape index (κ1) is 25.9. The van der Waals surface area contributed by atoms with E-state index in [0.29, 0.717) is 5.69 Å². The number of hydrogen-bond donors (Lipinski definition) is 8. The number of amides is 3. The molecular weight excluding hydrogens is 432 g/mol. The normalized spacial score (nSPS) is 14.5. The Morgan fingerprint density at radius 3 is 2.13 bits per heavy atom. The Labute approximate surface area is 183 Å². The predicted molar refractivity (Wildman–Crippen MR) is 110 cm³/mol. The number of nitrogens with zero attached hydrogens (tertiary/aromatic N) is 1. The molecule has 31 heavy (non-hydrogen) atoms. The molecule has 4 atom stereocenters. The fourth-order valence-corrected chi connectivity index (χ4v) is 2.64. The smallest absolute Gasteiger partial charge is 0.327 e. The molecule has 0 saturated heterocycles. The van der Waals surface area contributed by atoms with E-state index in [1.165, 1.54) is 19.4 Å². The quantitative estimate of drug-likeness (QED) is 0.148. The van der Waals surface area contributed by atoms with Crippen LogP contribution in [0.4, 0.5) is 0 Å². The number of rotatable bonds is 13. The minimum Gasteiger partial charge on any atom is -0.481 e.